The van der Waals surface area contributed by atoms with Crippen LogP contribution in [-0.2, 0) is 41.6 Å². The second-order valence-corrected chi connectivity index (χ2v) is 17.7. The first kappa shape index (κ1) is 43.3. The van der Waals surface area contributed by atoms with Gasteiger partial charge in [0.1, 0.15) is 30.3 Å². The maximum atomic E-state index is 14.4. The van der Waals surface area contributed by atoms with Crippen molar-refractivity contribution in [2.24, 2.45) is 10.9 Å². The van der Waals surface area contributed by atoms with Crippen molar-refractivity contribution in [1.82, 2.24) is 30.4 Å². The number of imidazole rings is 1. The van der Waals surface area contributed by atoms with Gasteiger partial charge >= 0.3 is 12.2 Å². The zero-order chi connectivity index (χ0) is 44.8. The molecule has 0 bridgehead atoms. The first-order valence-electron chi connectivity index (χ1n) is 22.4. The molecule has 16 heteroatoms. The van der Waals surface area contributed by atoms with Crippen molar-refractivity contribution in [3.63, 3.8) is 0 Å². The molecule has 1 aromatic heterocycles. The Morgan fingerprint density at radius 3 is 2.28 bits per heavy atom. The number of hydrogen-bond donors (Lipinski definition) is 3. The molecular formula is C48H57N7O9. The number of hydrogen-bond acceptors (Lipinski definition) is 11. The topological polar surface area (TPSA) is 186 Å². The number of rotatable bonds is 10. The number of nitrogens with zero attached hydrogens (tertiary/aromatic N) is 4. The molecule has 6 heterocycles. The maximum Gasteiger partial charge on any atom is 0.407 e. The number of ether oxygens (including phenoxy) is 5. The van der Waals surface area contributed by atoms with Crippen LogP contribution >= 0.6 is 0 Å². The van der Waals surface area contributed by atoms with Crippen molar-refractivity contribution in [3.05, 3.63) is 65.6 Å². The molecule has 4 aromatic rings. The predicted octanol–water partition coefficient (Wildman–Crippen LogP) is 6.76. The van der Waals surface area contributed by atoms with Gasteiger partial charge in [0.25, 0.3) is 0 Å². The lowest BCUT2D eigenvalue weighted by molar-refractivity contribution is -0.139. The van der Waals surface area contributed by atoms with E-state index in [-0.39, 0.29) is 41.9 Å². The first-order chi connectivity index (χ1) is 31.0. The number of aromatic nitrogens is 2. The number of carbonyl (C=O) groups is 4. The average Bonchev–Trinajstić information content (AvgIpc) is 4.14. The summed E-state index contributed by atoms with van der Waals surface area (Å²) in [5.41, 5.74) is 7.91. The Morgan fingerprint density at radius 1 is 0.828 bits per heavy atom. The summed E-state index contributed by atoms with van der Waals surface area (Å²) >= 11 is 0. The highest BCUT2D eigenvalue weighted by molar-refractivity contribution is 6.06. The van der Waals surface area contributed by atoms with Crippen LogP contribution in [0.4, 0.5) is 15.3 Å². The van der Waals surface area contributed by atoms with Gasteiger partial charge in [-0.2, -0.15) is 0 Å². The summed E-state index contributed by atoms with van der Waals surface area (Å²) < 4.78 is 27.3. The number of alkyl carbamates (subject to hydrolysis) is 2. The number of aliphatic imine (C=N–C) groups is 1. The van der Waals surface area contributed by atoms with Crippen LogP contribution < -0.4 is 15.4 Å². The molecule has 7 atom stereocenters. The predicted molar refractivity (Wildman–Crippen MR) is 238 cm³/mol. The van der Waals surface area contributed by atoms with Crippen molar-refractivity contribution < 1.29 is 42.9 Å². The third kappa shape index (κ3) is 7.95. The van der Waals surface area contributed by atoms with Gasteiger partial charge in [0, 0.05) is 50.1 Å². The van der Waals surface area contributed by atoms with E-state index in [0.29, 0.717) is 44.9 Å². The molecule has 3 saturated heterocycles. The molecule has 338 valence electrons. The van der Waals surface area contributed by atoms with Gasteiger partial charge in [-0.1, -0.05) is 18.2 Å². The molecule has 16 nitrogen and oxygen atoms in total. The molecule has 9 rings (SSSR count). The maximum absolute atomic E-state index is 14.4. The van der Waals surface area contributed by atoms with E-state index < -0.39 is 30.4 Å². The number of benzene rings is 3. The summed E-state index contributed by atoms with van der Waals surface area (Å²) in [6.07, 6.45) is 5.07. The molecule has 5 aliphatic rings. The fraction of sp³-hybridized carbons (Fsp3) is 0.500. The zero-order valence-electron chi connectivity index (χ0n) is 37.3. The molecule has 64 heavy (non-hydrogen) atoms. The standard InChI is InChI=1S/C48H57N7O9/c1-25-7-13-39(54(25)46(57)43(53-48(59)62-6)28-15-17-63-18-16-28)37-21-34-33-22-41-35(20-29(33)10-12-36(34)50-37)32-11-9-30(19-31(32)24-64-41)38-23-49-44(51-38)40-14-8-26(2)55(40)45(56)42(27(3)60-4)52-47(58)61-5/h9-12,19-20,22-23,25-28,39-40,42-43H,7-8,13-18,21,24H2,1-6H3,(H,49,51)(H,52,58)(H,53,59)/t25-,26-,27+,39-,40-,42-,43-/m0/s1. The lowest BCUT2D eigenvalue weighted by Crippen LogP contribution is -2.57. The Hall–Kier alpha value is -6.00. The summed E-state index contributed by atoms with van der Waals surface area (Å²) in [5, 5.41) is 7.69. The van der Waals surface area contributed by atoms with Crippen molar-refractivity contribution in [1.29, 1.82) is 0 Å². The Balaban J connectivity index is 0.933. The van der Waals surface area contributed by atoms with Gasteiger partial charge in [-0.05, 0) is 123 Å². The molecule has 4 amide bonds. The number of fused-ring (bicyclic) bond motifs is 6. The third-order valence-electron chi connectivity index (χ3n) is 14.1. The minimum atomic E-state index is -0.925. The van der Waals surface area contributed by atoms with Gasteiger partial charge in [0.2, 0.25) is 11.8 Å². The van der Waals surface area contributed by atoms with E-state index in [9.17, 15) is 19.2 Å². The molecule has 3 aromatic carbocycles. The van der Waals surface area contributed by atoms with Crippen molar-refractivity contribution >= 4 is 46.2 Å². The highest BCUT2D eigenvalue weighted by Gasteiger charge is 2.45. The number of methoxy groups -OCH3 is 3. The normalized spacial score (nSPS) is 23.0. The largest absolute Gasteiger partial charge is 0.488 e. The van der Waals surface area contributed by atoms with Gasteiger partial charge in [0.05, 0.1) is 50.0 Å². The van der Waals surface area contributed by atoms with E-state index >= 15 is 0 Å². The molecule has 3 fully saturated rings. The lowest BCUT2D eigenvalue weighted by atomic mass is 9.90. The third-order valence-corrected chi connectivity index (χ3v) is 14.1. The van der Waals surface area contributed by atoms with Crippen molar-refractivity contribution in [3.8, 4) is 28.1 Å². The Kier molecular flexibility index (Phi) is 12.1. The minimum Gasteiger partial charge on any atom is -0.488 e. The Bertz CT molecular complexity index is 2500. The fourth-order valence-corrected chi connectivity index (χ4v) is 10.5. The molecule has 3 N–H and O–H groups in total. The smallest absolute Gasteiger partial charge is 0.407 e. The fourth-order valence-electron chi connectivity index (χ4n) is 10.5. The van der Waals surface area contributed by atoms with Crippen LogP contribution in [0, 0.1) is 5.92 Å². The summed E-state index contributed by atoms with van der Waals surface area (Å²) in [7, 11) is 4.09. The van der Waals surface area contributed by atoms with Crippen LogP contribution in [-0.4, -0.2) is 120 Å². The first-order valence-corrected chi connectivity index (χ1v) is 22.4. The van der Waals surface area contributed by atoms with Crippen LogP contribution in [0.3, 0.4) is 0 Å². The van der Waals surface area contributed by atoms with E-state index in [2.05, 4.69) is 65.0 Å². The van der Waals surface area contributed by atoms with E-state index in [1.54, 1.807) is 18.0 Å². The van der Waals surface area contributed by atoms with Crippen LogP contribution in [0.25, 0.3) is 33.2 Å². The van der Waals surface area contributed by atoms with Gasteiger partial charge in [-0.25, -0.2) is 14.6 Å². The van der Waals surface area contributed by atoms with Crippen LogP contribution in [0.5, 0.6) is 5.75 Å². The highest BCUT2D eigenvalue weighted by Crippen LogP contribution is 2.45. The molecule has 0 saturated carbocycles. The number of carbonyl (C=O) groups excluding carboxylic acids is 4. The lowest BCUT2D eigenvalue weighted by Gasteiger charge is -2.36. The number of nitrogens with one attached hydrogen (secondary N) is 3. The number of likely N-dealkylation sites (tertiary alicyclic amines) is 2. The van der Waals surface area contributed by atoms with Crippen molar-refractivity contribution in [2.75, 3.05) is 34.5 Å². The number of H-pyrrole nitrogens is 1. The van der Waals surface area contributed by atoms with Crippen LogP contribution in [0.1, 0.15) is 82.3 Å². The monoisotopic (exact) mass is 875 g/mol. The van der Waals surface area contributed by atoms with E-state index in [0.717, 1.165) is 87.1 Å². The summed E-state index contributed by atoms with van der Waals surface area (Å²) in [6.45, 7) is 7.32. The highest BCUT2D eigenvalue weighted by atomic mass is 16.5. The van der Waals surface area contributed by atoms with Crippen LogP contribution in [0.2, 0.25) is 0 Å². The summed E-state index contributed by atoms with van der Waals surface area (Å²) in [6, 6.07) is 12.7. The second kappa shape index (κ2) is 17.9. The van der Waals surface area contributed by atoms with E-state index in [1.165, 1.54) is 21.3 Å². The van der Waals surface area contributed by atoms with Gasteiger partial charge in [-0.3, -0.25) is 14.6 Å². The second-order valence-electron chi connectivity index (χ2n) is 17.7. The van der Waals surface area contributed by atoms with Crippen LogP contribution in [0.15, 0.2) is 53.7 Å². The molecule has 0 spiro atoms. The van der Waals surface area contributed by atoms with E-state index in [1.807, 2.05) is 11.8 Å². The van der Waals surface area contributed by atoms with Crippen molar-refractivity contribution in [2.45, 2.75) is 115 Å². The number of aromatic amines is 1. The average molecular weight is 876 g/mol. The SMILES string of the molecule is COC(=O)N[C@H](C(=O)N1[C@@H](C)CC[C@H]1C1=Nc2ccc3cc4c(cc3c2C1)OCc1cc(-c2cnc([C@@H]3CC[C@H](C)N3C(=O)[C@@H](NC(=O)OC)[C@@H](C)OC)[nH]2)ccc1-4)C1CCOCC1. The molecule has 0 unspecified atom stereocenters. The summed E-state index contributed by atoms with van der Waals surface area (Å²) in [4.78, 5) is 70.2. The van der Waals surface area contributed by atoms with Gasteiger partial charge < -0.3 is 49.1 Å². The molecule has 5 aliphatic heterocycles. The molecule has 0 radical (unpaired) electrons. The summed E-state index contributed by atoms with van der Waals surface area (Å²) in [5.74, 6) is 1.10. The Labute approximate surface area is 372 Å². The Morgan fingerprint density at radius 2 is 1.55 bits per heavy atom. The quantitative estimate of drug-likeness (QED) is 0.154. The molecular weight excluding hydrogens is 819 g/mol. The minimum absolute atomic E-state index is 0.00236. The van der Waals surface area contributed by atoms with E-state index in [4.69, 9.17) is 33.7 Å². The molecule has 0 aliphatic carbocycles. The van der Waals surface area contributed by atoms with Gasteiger partial charge in [-0.15, -0.1) is 0 Å². The van der Waals surface area contributed by atoms with Gasteiger partial charge in [0.15, 0.2) is 0 Å². The zero-order valence-corrected chi connectivity index (χ0v) is 37.3. The number of amides is 4.